The van der Waals surface area contributed by atoms with Gasteiger partial charge in [-0.05, 0) is 20.3 Å². The van der Waals surface area contributed by atoms with Gasteiger partial charge in [0.25, 0.3) is 0 Å². The molecule has 0 aliphatic heterocycles. The molecule has 0 bridgehead atoms. The van der Waals surface area contributed by atoms with Crippen LogP contribution in [0.2, 0.25) is 0 Å². The molecule has 1 atom stereocenters. The molecule has 0 spiro atoms. The van der Waals surface area contributed by atoms with Crippen molar-refractivity contribution in [3.8, 4) is 0 Å². The Morgan fingerprint density at radius 1 is 1.67 bits per heavy atom. The van der Waals surface area contributed by atoms with E-state index in [1.165, 1.54) is 0 Å². The Morgan fingerprint density at radius 2 is 2.17 bits per heavy atom. The lowest BCUT2D eigenvalue weighted by molar-refractivity contribution is -0.121. The molecular weight excluding hydrogens is 154 g/mol. The second-order valence-electron chi connectivity index (χ2n) is 3.60. The van der Waals surface area contributed by atoms with Gasteiger partial charge in [-0.3, -0.25) is 4.79 Å². The fraction of sp³-hybridized carbons (Fsp3) is 0.667. The number of rotatable bonds is 4. The van der Waals surface area contributed by atoms with Gasteiger partial charge in [-0.1, -0.05) is 19.1 Å². The van der Waals surface area contributed by atoms with Gasteiger partial charge in [0, 0.05) is 5.92 Å². The number of aliphatic hydroxyl groups is 1. The molecule has 70 valence electrons. The first-order chi connectivity index (χ1) is 5.33. The lowest BCUT2D eigenvalue weighted by atomic mass is 10.0. The van der Waals surface area contributed by atoms with Crippen molar-refractivity contribution in [2.24, 2.45) is 11.7 Å². The standard InChI is InChI=1S/C9H17NO2/c1-7(8(10)11)5-4-6-9(2,3)12/h4,6-7,12H,5H2,1-3H3,(H2,10,11)/b6-4+/t7-/m1/s1. The monoisotopic (exact) mass is 171 g/mol. The minimum Gasteiger partial charge on any atom is -0.386 e. The molecule has 0 aromatic carbocycles. The van der Waals surface area contributed by atoms with Gasteiger partial charge in [-0.15, -0.1) is 0 Å². The van der Waals surface area contributed by atoms with Crippen molar-refractivity contribution in [1.82, 2.24) is 0 Å². The van der Waals surface area contributed by atoms with E-state index in [-0.39, 0.29) is 11.8 Å². The van der Waals surface area contributed by atoms with Gasteiger partial charge in [0.05, 0.1) is 5.60 Å². The number of primary amides is 1. The van der Waals surface area contributed by atoms with Crippen LogP contribution in [0.4, 0.5) is 0 Å². The zero-order valence-corrected chi connectivity index (χ0v) is 7.87. The molecule has 0 saturated carbocycles. The number of amides is 1. The molecule has 0 aromatic heterocycles. The van der Waals surface area contributed by atoms with E-state index in [0.29, 0.717) is 6.42 Å². The summed E-state index contributed by atoms with van der Waals surface area (Å²) in [6.45, 7) is 5.12. The van der Waals surface area contributed by atoms with E-state index in [1.54, 1.807) is 32.9 Å². The van der Waals surface area contributed by atoms with E-state index in [2.05, 4.69) is 0 Å². The van der Waals surface area contributed by atoms with Crippen molar-refractivity contribution in [3.05, 3.63) is 12.2 Å². The number of carbonyl (C=O) groups is 1. The molecule has 3 N–H and O–H groups in total. The molecule has 0 heterocycles. The summed E-state index contributed by atoms with van der Waals surface area (Å²) in [4.78, 5) is 10.6. The largest absolute Gasteiger partial charge is 0.386 e. The highest BCUT2D eigenvalue weighted by atomic mass is 16.3. The molecule has 0 radical (unpaired) electrons. The fourth-order valence-corrected chi connectivity index (χ4v) is 0.677. The van der Waals surface area contributed by atoms with Crippen molar-refractivity contribution in [3.63, 3.8) is 0 Å². The van der Waals surface area contributed by atoms with E-state index >= 15 is 0 Å². The van der Waals surface area contributed by atoms with Gasteiger partial charge < -0.3 is 10.8 Å². The maximum Gasteiger partial charge on any atom is 0.220 e. The van der Waals surface area contributed by atoms with E-state index in [1.807, 2.05) is 0 Å². The Kier molecular flexibility index (Phi) is 3.96. The predicted molar refractivity (Wildman–Crippen MR) is 48.4 cm³/mol. The molecule has 0 rings (SSSR count). The fourth-order valence-electron chi connectivity index (χ4n) is 0.677. The maximum absolute atomic E-state index is 10.6. The molecule has 0 unspecified atom stereocenters. The first kappa shape index (κ1) is 11.2. The molecule has 3 heteroatoms. The van der Waals surface area contributed by atoms with Crippen molar-refractivity contribution in [2.75, 3.05) is 0 Å². The van der Waals surface area contributed by atoms with Gasteiger partial charge in [-0.25, -0.2) is 0 Å². The van der Waals surface area contributed by atoms with Gasteiger partial charge >= 0.3 is 0 Å². The summed E-state index contributed by atoms with van der Waals surface area (Å²) in [5.74, 6) is -0.473. The third-order valence-corrected chi connectivity index (χ3v) is 1.50. The van der Waals surface area contributed by atoms with Crippen molar-refractivity contribution in [1.29, 1.82) is 0 Å². The van der Waals surface area contributed by atoms with Gasteiger partial charge in [0.15, 0.2) is 0 Å². The van der Waals surface area contributed by atoms with E-state index in [4.69, 9.17) is 5.73 Å². The number of allylic oxidation sites excluding steroid dienone is 1. The third kappa shape index (κ3) is 5.92. The summed E-state index contributed by atoms with van der Waals surface area (Å²) < 4.78 is 0. The SMILES string of the molecule is C[C@H](C/C=C/C(C)(C)O)C(N)=O. The smallest absolute Gasteiger partial charge is 0.220 e. The molecule has 0 fully saturated rings. The summed E-state index contributed by atoms with van der Waals surface area (Å²) in [5, 5.41) is 9.27. The zero-order chi connectivity index (χ0) is 9.78. The molecule has 0 aliphatic carbocycles. The first-order valence-electron chi connectivity index (χ1n) is 4.02. The van der Waals surface area contributed by atoms with Gasteiger partial charge in [0.1, 0.15) is 0 Å². The molecule has 0 aromatic rings. The Hall–Kier alpha value is -0.830. The number of carbonyl (C=O) groups excluding carboxylic acids is 1. The number of hydrogen-bond acceptors (Lipinski definition) is 2. The van der Waals surface area contributed by atoms with Crippen molar-refractivity contribution in [2.45, 2.75) is 32.8 Å². The Morgan fingerprint density at radius 3 is 2.50 bits per heavy atom. The molecule has 0 aliphatic rings. The van der Waals surface area contributed by atoms with Crippen LogP contribution in [0, 0.1) is 5.92 Å². The van der Waals surface area contributed by atoms with Crippen LogP contribution in [-0.2, 0) is 4.79 Å². The normalized spacial score (nSPS) is 15.0. The second-order valence-corrected chi connectivity index (χ2v) is 3.60. The van der Waals surface area contributed by atoms with Crippen LogP contribution in [0.1, 0.15) is 27.2 Å². The molecule has 12 heavy (non-hydrogen) atoms. The van der Waals surface area contributed by atoms with Crippen LogP contribution < -0.4 is 5.73 Å². The van der Waals surface area contributed by atoms with Gasteiger partial charge in [0.2, 0.25) is 5.91 Å². The Bertz CT molecular complexity index is 179. The maximum atomic E-state index is 10.6. The lowest BCUT2D eigenvalue weighted by Gasteiger charge is -2.10. The van der Waals surface area contributed by atoms with Crippen LogP contribution in [0.5, 0.6) is 0 Å². The second kappa shape index (κ2) is 4.26. The van der Waals surface area contributed by atoms with E-state index in [0.717, 1.165) is 0 Å². The molecule has 3 nitrogen and oxygen atoms in total. The minimum absolute atomic E-state index is 0.163. The van der Waals surface area contributed by atoms with E-state index in [9.17, 15) is 9.90 Å². The quantitative estimate of drug-likeness (QED) is 0.615. The number of nitrogens with two attached hydrogens (primary N) is 1. The average molecular weight is 171 g/mol. The van der Waals surface area contributed by atoms with Crippen LogP contribution in [0.25, 0.3) is 0 Å². The Balaban J connectivity index is 3.83. The van der Waals surface area contributed by atoms with Crippen LogP contribution in [0.15, 0.2) is 12.2 Å². The highest BCUT2D eigenvalue weighted by molar-refractivity contribution is 5.76. The summed E-state index contributed by atoms with van der Waals surface area (Å²) in [6.07, 6.45) is 4.02. The van der Waals surface area contributed by atoms with Crippen LogP contribution in [-0.4, -0.2) is 16.6 Å². The topological polar surface area (TPSA) is 63.3 Å². The molecule has 1 amide bonds. The summed E-state index contributed by atoms with van der Waals surface area (Å²) >= 11 is 0. The van der Waals surface area contributed by atoms with Gasteiger partial charge in [-0.2, -0.15) is 0 Å². The van der Waals surface area contributed by atoms with Crippen molar-refractivity contribution < 1.29 is 9.90 Å². The zero-order valence-electron chi connectivity index (χ0n) is 7.87. The number of hydrogen-bond donors (Lipinski definition) is 2. The average Bonchev–Trinajstić information content (AvgIpc) is 1.84. The molecular formula is C9H17NO2. The highest BCUT2D eigenvalue weighted by Crippen LogP contribution is 2.07. The first-order valence-corrected chi connectivity index (χ1v) is 4.02. The summed E-state index contributed by atoms with van der Waals surface area (Å²) in [6, 6.07) is 0. The van der Waals surface area contributed by atoms with Crippen LogP contribution >= 0.6 is 0 Å². The third-order valence-electron chi connectivity index (χ3n) is 1.50. The lowest BCUT2D eigenvalue weighted by Crippen LogP contribution is -2.20. The molecule has 0 saturated heterocycles. The summed E-state index contributed by atoms with van der Waals surface area (Å²) in [7, 11) is 0. The highest BCUT2D eigenvalue weighted by Gasteiger charge is 2.08. The Labute approximate surface area is 73.3 Å². The predicted octanol–water partition coefficient (Wildman–Crippen LogP) is 0.825. The summed E-state index contributed by atoms with van der Waals surface area (Å²) in [5.41, 5.74) is 4.24. The van der Waals surface area contributed by atoms with E-state index < -0.39 is 5.60 Å². The minimum atomic E-state index is -0.808. The van der Waals surface area contributed by atoms with Crippen LogP contribution in [0.3, 0.4) is 0 Å². The van der Waals surface area contributed by atoms with Crippen molar-refractivity contribution >= 4 is 5.91 Å².